The third kappa shape index (κ3) is 4.06. The molecule has 1 aliphatic heterocycles. The Hall–Kier alpha value is -3.03. The number of ketones is 1. The normalized spacial score (nSPS) is 13.9. The van der Waals surface area contributed by atoms with Crippen molar-refractivity contribution in [2.45, 2.75) is 17.7 Å². The average molecular weight is 407 g/mol. The van der Waals surface area contributed by atoms with Gasteiger partial charge >= 0.3 is 0 Å². The van der Waals surface area contributed by atoms with Crippen LogP contribution >= 0.6 is 0 Å². The van der Waals surface area contributed by atoms with Gasteiger partial charge in [-0.1, -0.05) is 30.3 Å². The van der Waals surface area contributed by atoms with E-state index in [1.165, 1.54) is 12.1 Å². The molecule has 0 unspecified atom stereocenters. The SMILES string of the molecule is O=C(c1ccccc1NS(=O)(=O)c1ccccc1)c1nccc2c1CCNCC2. The number of carbonyl (C=O) groups excluding carboxylic acids is 1. The average Bonchev–Trinajstić information content (AvgIpc) is 2.99. The fourth-order valence-corrected chi connectivity index (χ4v) is 4.60. The van der Waals surface area contributed by atoms with Crippen molar-refractivity contribution in [3.8, 4) is 0 Å². The molecular weight excluding hydrogens is 386 g/mol. The van der Waals surface area contributed by atoms with Gasteiger partial charge in [0.15, 0.2) is 0 Å². The standard InChI is InChI=1S/C22H21N3O3S/c26-22(21-18-12-14-23-13-10-16(18)11-15-24-21)19-8-4-5-9-20(19)25-29(27,28)17-6-2-1-3-7-17/h1-9,11,15,23,25H,10,12-14H2. The molecule has 0 spiro atoms. The maximum Gasteiger partial charge on any atom is 0.261 e. The number of fused-ring (bicyclic) bond motifs is 1. The molecule has 0 fully saturated rings. The minimum atomic E-state index is -3.81. The van der Waals surface area contributed by atoms with Gasteiger partial charge in [-0.15, -0.1) is 0 Å². The fraction of sp³-hybridized carbons (Fsp3) is 0.182. The maximum absolute atomic E-state index is 13.4. The fourth-order valence-electron chi connectivity index (χ4n) is 3.50. The van der Waals surface area contributed by atoms with Crippen molar-refractivity contribution < 1.29 is 13.2 Å². The number of rotatable bonds is 5. The number of sulfonamides is 1. The second-order valence-corrected chi connectivity index (χ2v) is 8.52. The van der Waals surface area contributed by atoms with Crippen LogP contribution in [0.1, 0.15) is 27.2 Å². The van der Waals surface area contributed by atoms with Gasteiger partial charge in [0.05, 0.1) is 10.6 Å². The zero-order valence-corrected chi connectivity index (χ0v) is 16.6. The van der Waals surface area contributed by atoms with E-state index < -0.39 is 10.0 Å². The maximum atomic E-state index is 13.4. The number of aromatic nitrogens is 1. The van der Waals surface area contributed by atoms with Crippen molar-refractivity contribution in [3.63, 3.8) is 0 Å². The first-order chi connectivity index (χ1) is 14.1. The summed E-state index contributed by atoms with van der Waals surface area (Å²) in [6.07, 6.45) is 3.19. The van der Waals surface area contributed by atoms with Crippen LogP contribution in [-0.4, -0.2) is 32.3 Å². The molecule has 2 heterocycles. The van der Waals surface area contributed by atoms with E-state index >= 15 is 0 Å². The Morgan fingerprint density at radius 3 is 2.48 bits per heavy atom. The van der Waals surface area contributed by atoms with E-state index in [0.717, 1.165) is 30.6 Å². The quantitative estimate of drug-likeness (QED) is 0.635. The van der Waals surface area contributed by atoms with E-state index in [1.54, 1.807) is 48.7 Å². The predicted molar refractivity (Wildman–Crippen MR) is 112 cm³/mol. The first kappa shape index (κ1) is 19.3. The van der Waals surface area contributed by atoms with Crippen molar-refractivity contribution in [3.05, 3.63) is 89.2 Å². The molecule has 0 saturated carbocycles. The van der Waals surface area contributed by atoms with Gasteiger partial charge in [0.2, 0.25) is 5.78 Å². The summed E-state index contributed by atoms with van der Waals surface area (Å²) in [6.45, 7) is 1.64. The Labute approximate surface area is 170 Å². The van der Waals surface area contributed by atoms with Crippen molar-refractivity contribution in [2.24, 2.45) is 0 Å². The van der Waals surface area contributed by atoms with E-state index in [2.05, 4.69) is 15.0 Å². The van der Waals surface area contributed by atoms with Crippen LogP contribution in [0.5, 0.6) is 0 Å². The van der Waals surface area contributed by atoms with Gasteiger partial charge in [-0.3, -0.25) is 14.5 Å². The lowest BCUT2D eigenvalue weighted by atomic mass is 9.96. The van der Waals surface area contributed by atoms with Crippen LogP contribution in [0.25, 0.3) is 0 Å². The number of hydrogen-bond acceptors (Lipinski definition) is 5. The number of carbonyl (C=O) groups is 1. The highest BCUT2D eigenvalue weighted by molar-refractivity contribution is 7.92. The van der Waals surface area contributed by atoms with Crippen LogP contribution in [-0.2, 0) is 22.9 Å². The summed E-state index contributed by atoms with van der Waals surface area (Å²) in [5.74, 6) is -0.282. The smallest absolute Gasteiger partial charge is 0.261 e. The van der Waals surface area contributed by atoms with Gasteiger partial charge in [0, 0.05) is 11.8 Å². The molecule has 6 nitrogen and oxygen atoms in total. The van der Waals surface area contributed by atoms with Crippen LogP contribution in [0, 0.1) is 0 Å². The lowest BCUT2D eigenvalue weighted by Gasteiger charge is -2.14. The van der Waals surface area contributed by atoms with E-state index in [4.69, 9.17) is 0 Å². The number of anilines is 1. The zero-order valence-electron chi connectivity index (χ0n) is 15.8. The Morgan fingerprint density at radius 2 is 1.66 bits per heavy atom. The van der Waals surface area contributed by atoms with Crippen molar-refractivity contribution in [1.29, 1.82) is 0 Å². The highest BCUT2D eigenvalue weighted by Gasteiger charge is 2.23. The molecular formula is C22H21N3O3S. The van der Waals surface area contributed by atoms with Crippen LogP contribution in [0.15, 0.2) is 71.8 Å². The van der Waals surface area contributed by atoms with E-state index in [1.807, 2.05) is 6.07 Å². The largest absolute Gasteiger partial charge is 0.316 e. The molecule has 1 aliphatic rings. The lowest BCUT2D eigenvalue weighted by molar-refractivity contribution is 0.103. The second-order valence-electron chi connectivity index (χ2n) is 6.84. The summed E-state index contributed by atoms with van der Waals surface area (Å²) in [4.78, 5) is 17.8. The predicted octanol–water partition coefficient (Wildman–Crippen LogP) is 2.80. The molecule has 0 atom stereocenters. The minimum absolute atomic E-state index is 0.139. The van der Waals surface area contributed by atoms with Crippen molar-refractivity contribution >= 4 is 21.5 Å². The summed E-state index contributed by atoms with van der Waals surface area (Å²) >= 11 is 0. The molecule has 0 bridgehead atoms. The molecule has 0 saturated heterocycles. The Bertz CT molecular complexity index is 1140. The van der Waals surface area contributed by atoms with Crippen LogP contribution in [0.3, 0.4) is 0 Å². The van der Waals surface area contributed by atoms with Gasteiger partial charge in [0.25, 0.3) is 10.0 Å². The number of pyridine rings is 1. The first-order valence-electron chi connectivity index (χ1n) is 9.45. The summed E-state index contributed by atoms with van der Waals surface area (Å²) in [5.41, 5.74) is 2.95. The Kier molecular flexibility index (Phi) is 5.42. The van der Waals surface area contributed by atoms with E-state index in [0.29, 0.717) is 12.1 Å². The van der Waals surface area contributed by atoms with Crippen LogP contribution < -0.4 is 10.0 Å². The van der Waals surface area contributed by atoms with Gasteiger partial charge in [-0.2, -0.15) is 0 Å². The molecule has 148 valence electrons. The lowest BCUT2D eigenvalue weighted by Crippen LogP contribution is -2.18. The molecule has 7 heteroatoms. The molecule has 1 aromatic heterocycles. The van der Waals surface area contributed by atoms with Crippen molar-refractivity contribution in [1.82, 2.24) is 10.3 Å². The molecule has 0 aliphatic carbocycles. The third-order valence-corrected chi connectivity index (χ3v) is 6.34. The summed E-state index contributed by atoms with van der Waals surface area (Å²) < 4.78 is 28.0. The van der Waals surface area contributed by atoms with Gasteiger partial charge in [0.1, 0.15) is 5.69 Å². The summed E-state index contributed by atoms with van der Waals surface area (Å²) in [7, 11) is -3.81. The van der Waals surface area contributed by atoms with Crippen molar-refractivity contribution in [2.75, 3.05) is 17.8 Å². The van der Waals surface area contributed by atoms with Gasteiger partial charge < -0.3 is 5.32 Å². The van der Waals surface area contributed by atoms with Gasteiger partial charge in [-0.25, -0.2) is 8.42 Å². The second kappa shape index (κ2) is 8.14. The number of benzene rings is 2. The molecule has 2 N–H and O–H groups in total. The number of nitrogens with one attached hydrogen (secondary N) is 2. The topological polar surface area (TPSA) is 88.2 Å². The molecule has 4 rings (SSSR count). The number of hydrogen-bond donors (Lipinski definition) is 2. The first-order valence-corrected chi connectivity index (χ1v) is 10.9. The highest BCUT2D eigenvalue weighted by Crippen LogP contribution is 2.25. The Balaban J connectivity index is 1.72. The number of nitrogens with zero attached hydrogens (tertiary/aromatic N) is 1. The molecule has 2 aromatic carbocycles. The summed E-state index contributed by atoms with van der Waals surface area (Å²) in [5, 5.41) is 3.33. The van der Waals surface area contributed by atoms with Gasteiger partial charge in [-0.05, 0) is 67.4 Å². The number of para-hydroxylation sites is 1. The molecule has 29 heavy (non-hydrogen) atoms. The van der Waals surface area contributed by atoms with Crippen LogP contribution in [0.4, 0.5) is 5.69 Å². The van der Waals surface area contributed by atoms with E-state index in [9.17, 15) is 13.2 Å². The van der Waals surface area contributed by atoms with E-state index in [-0.39, 0.29) is 21.9 Å². The molecule has 3 aromatic rings. The molecule has 0 radical (unpaired) electrons. The third-order valence-electron chi connectivity index (χ3n) is 4.96. The monoisotopic (exact) mass is 407 g/mol. The summed E-state index contributed by atoms with van der Waals surface area (Å²) in [6, 6.07) is 16.7. The Morgan fingerprint density at radius 1 is 0.931 bits per heavy atom. The van der Waals surface area contributed by atoms with Crippen LogP contribution in [0.2, 0.25) is 0 Å². The molecule has 0 amide bonds. The zero-order chi connectivity index (χ0) is 20.3. The minimum Gasteiger partial charge on any atom is -0.316 e. The highest BCUT2D eigenvalue weighted by atomic mass is 32.2.